The van der Waals surface area contributed by atoms with Crippen molar-refractivity contribution in [2.24, 2.45) is 0 Å². The zero-order valence-electron chi connectivity index (χ0n) is 14.7. The van der Waals surface area contributed by atoms with E-state index in [2.05, 4.69) is 39.2 Å². The van der Waals surface area contributed by atoms with Gasteiger partial charge in [-0.15, -0.1) is 0 Å². The van der Waals surface area contributed by atoms with E-state index < -0.39 is 0 Å². The summed E-state index contributed by atoms with van der Waals surface area (Å²) < 4.78 is 0. The summed E-state index contributed by atoms with van der Waals surface area (Å²) in [6.45, 7) is 7.32. The Balaban J connectivity index is 1.49. The number of piperazine rings is 1. The number of hydrogen-bond donors (Lipinski definition) is 1. The van der Waals surface area contributed by atoms with Gasteiger partial charge in [0.05, 0.1) is 12.4 Å². The lowest BCUT2D eigenvalue weighted by Gasteiger charge is -2.33. The smallest absolute Gasteiger partial charge is 0.274 e. The Bertz CT molecular complexity index is 666. The van der Waals surface area contributed by atoms with E-state index in [1.165, 1.54) is 5.56 Å². The second-order valence-electron chi connectivity index (χ2n) is 6.18. The highest BCUT2D eigenvalue weighted by molar-refractivity contribution is 5.92. The molecule has 1 aliphatic heterocycles. The van der Waals surface area contributed by atoms with Crippen LogP contribution in [0.15, 0.2) is 42.7 Å². The number of benzene rings is 1. The zero-order valence-corrected chi connectivity index (χ0v) is 14.7. The van der Waals surface area contributed by atoms with Crippen LogP contribution in [0.25, 0.3) is 0 Å². The molecule has 132 valence electrons. The van der Waals surface area contributed by atoms with Crippen LogP contribution in [0, 0.1) is 0 Å². The van der Waals surface area contributed by atoms with Crippen molar-refractivity contribution in [2.75, 3.05) is 44.6 Å². The summed E-state index contributed by atoms with van der Waals surface area (Å²) in [6.07, 6.45) is 4.13. The van der Waals surface area contributed by atoms with Gasteiger partial charge in [0.2, 0.25) is 0 Å². The number of anilines is 1. The van der Waals surface area contributed by atoms with Crippen molar-refractivity contribution in [3.05, 3.63) is 54.0 Å². The topological polar surface area (TPSA) is 61.4 Å². The van der Waals surface area contributed by atoms with Crippen LogP contribution in [-0.2, 0) is 6.42 Å². The summed E-state index contributed by atoms with van der Waals surface area (Å²) in [5, 5.41) is 3.25. The third kappa shape index (κ3) is 4.76. The first-order chi connectivity index (χ1) is 12.3. The second-order valence-corrected chi connectivity index (χ2v) is 6.18. The van der Waals surface area contributed by atoms with Gasteiger partial charge in [0.15, 0.2) is 0 Å². The van der Waals surface area contributed by atoms with Crippen molar-refractivity contribution in [1.29, 1.82) is 0 Å². The number of hydrogen-bond acceptors (Lipinski definition) is 5. The Morgan fingerprint density at radius 3 is 2.48 bits per heavy atom. The lowest BCUT2D eigenvalue weighted by molar-refractivity contribution is 0.0637. The number of nitrogens with one attached hydrogen (secondary N) is 1. The zero-order chi connectivity index (χ0) is 17.5. The molecule has 6 heteroatoms. The van der Waals surface area contributed by atoms with Gasteiger partial charge in [-0.05, 0) is 18.5 Å². The maximum Gasteiger partial charge on any atom is 0.274 e. The van der Waals surface area contributed by atoms with Crippen LogP contribution in [0.5, 0.6) is 0 Å². The van der Waals surface area contributed by atoms with Gasteiger partial charge in [0, 0.05) is 32.7 Å². The molecule has 0 saturated carbocycles. The number of likely N-dealkylation sites (N-methyl/N-ethyl adjacent to an activating group) is 1. The van der Waals surface area contributed by atoms with Gasteiger partial charge >= 0.3 is 0 Å². The van der Waals surface area contributed by atoms with E-state index in [1.54, 1.807) is 12.4 Å². The molecule has 1 amide bonds. The molecule has 2 aromatic rings. The predicted molar refractivity (Wildman–Crippen MR) is 98.7 cm³/mol. The van der Waals surface area contributed by atoms with Crippen molar-refractivity contribution in [2.45, 2.75) is 13.3 Å². The molecule has 0 spiro atoms. The number of nitrogens with zero attached hydrogens (tertiary/aromatic N) is 4. The van der Waals surface area contributed by atoms with Crippen LogP contribution in [0.2, 0.25) is 0 Å². The van der Waals surface area contributed by atoms with Gasteiger partial charge in [-0.2, -0.15) is 0 Å². The average molecular weight is 339 g/mol. The molecular weight excluding hydrogens is 314 g/mol. The maximum absolute atomic E-state index is 12.5. The minimum atomic E-state index is -0.0286. The molecule has 25 heavy (non-hydrogen) atoms. The summed E-state index contributed by atoms with van der Waals surface area (Å²) in [4.78, 5) is 25.3. The van der Waals surface area contributed by atoms with Crippen LogP contribution in [-0.4, -0.2) is 64.9 Å². The fourth-order valence-electron chi connectivity index (χ4n) is 2.94. The molecule has 1 aliphatic rings. The van der Waals surface area contributed by atoms with Crippen LogP contribution >= 0.6 is 0 Å². The maximum atomic E-state index is 12.5. The van der Waals surface area contributed by atoms with E-state index in [0.29, 0.717) is 11.5 Å². The Kier molecular flexibility index (Phi) is 5.95. The molecule has 1 saturated heterocycles. The summed E-state index contributed by atoms with van der Waals surface area (Å²) in [7, 11) is 0. The molecule has 1 aromatic heterocycles. The molecule has 1 aromatic carbocycles. The van der Waals surface area contributed by atoms with Gasteiger partial charge < -0.3 is 15.1 Å². The molecule has 1 N–H and O–H groups in total. The highest BCUT2D eigenvalue weighted by atomic mass is 16.2. The molecule has 3 rings (SSSR count). The SMILES string of the molecule is CCN1CCN(C(=O)c2cnc(NCCc3ccccc3)cn2)CC1. The van der Waals surface area contributed by atoms with Crippen LogP contribution in [0.3, 0.4) is 0 Å². The molecule has 2 heterocycles. The highest BCUT2D eigenvalue weighted by Gasteiger charge is 2.22. The van der Waals surface area contributed by atoms with E-state index in [1.807, 2.05) is 23.1 Å². The molecule has 0 radical (unpaired) electrons. The summed E-state index contributed by atoms with van der Waals surface area (Å²) in [5.74, 6) is 0.669. The molecule has 1 fully saturated rings. The van der Waals surface area contributed by atoms with Crippen LogP contribution < -0.4 is 5.32 Å². The number of aromatic nitrogens is 2. The largest absolute Gasteiger partial charge is 0.368 e. The number of rotatable bonds is 6. The molecular formula is C19H25N5O. The highest BCUT2D eigenvalue weighted by Crippen LogP contribution is 2.08. The van der Waals surface area contributed by atoms with Gasteiger partial charge in [-0.1, -0.05) is 37.3 Å². The monoisotopic (exact) mass is 339 g/mol. The summed E-state index contributed by atoms with van der Waals surface area (Å²) in [5.41, 5.74) is 1.69. The minimum Gasteiger partial charge on any atom is -0.368 e. The number of carbonyl (C=O) groups is 1. The average Bonchev–Trinajstić information content (AvgIpc) is 2.69. The van der Waals surface area contributed by atoms with Gasteiger partial charge in [0.25, 0.3) is 5.91 Å². The molecule has 0 bridgehead atoms. The van der Waals surface area contributed by atoms with Crippen LogP contribution in [0.1, 0.15) is 23.0 Å². The molecule has 6 nitrogen and oxygen atoms in total. The third-order valence-corrected chi connectivity index (χ3v) is 4.54. The normalized spacial score (nSPS) is 15.2. The van der Waals surface area contributed by atoms with Crippen molar-refractivity contribution < 1.29 is 4.79 Å². The van der Waals surface area contributed by atoms with E-state index in [4.69, 9.17) is 0 Å². The van der Waals surface area contributed by atoms with E-state index in [9.17, 15) is 4.79 Å². The number of carbonyl (C=O) groups excluding carboxylic acids is 1. The van der Waals surface area contributed by atoms with E-state index >= 15 is 0 Å². The fraction of sp³-hybridized carbons (Fsp3) is 0.421. The first kappa shape index (κ1) is 17.4. The van der Waals surface area contributed by atoms with Gasteiger partial charge in [-0.25, -0.2) is 9.97 Å². The van der Waals surface area contributed by atoms with Crippen molar-refractivity contribution in [1.82, 2.24) is 19.8 Å². The Morgan fingerprint density at radius 1 is 1.08 bits per heavy atom. The Morgan fingerprint density at radius 2 is 1.84 bits per heavy atom. The van der Waals surface area contributed by atoms with Crippen molar-refractivity contribution in [3.63, 3.8) is 0 Å². The van der Waals surface area contributed by atoms with Crippen LogP contribution in [0.4, 0.5) is 5.82 Å². The van der Waals surface area contributed by atoms with Gasteiger partial charge in [-0.3, -0.25) is 4.79 Å². The molecule has 0 atom stereocenters. The first-order valence-corrected chi connectivity index (χ1v) is 8.87. The van der Waals surface area contributed by atoms with Crippen molar-refractivity contribution >= 4 is 11.7 Å². The fourth-order valence-corrected chi connectivity index (χ4v) is 2.94. The lowest BCUT2D eigenvalue weighted by Crippen LogP contribution is -2.48. The van der Waals surface area contributed by atoms with Gasteiger partial charge in [0.1, 0.15) is 11.5 Å². The Hall–Kier alpha value is -2.47. The first-order valence-electron chi connectivity index (χ1n) is 8.87. The van der Waals surface area contributed by atoms with E-state index in [-0.39, 0.29) is 5.91 Å². The second kappa shape index (κ2) is 8.58. The minimum absolute atomic E-state index is 0.0286. The Labute approximate surface area is 148 Å². The van der Waals surface area contributed by atoms with Crippen molar-refractivity contribution in [3.8, 4) is 0 Å². The summed E-state index contributed by atoms with van der Waals surface area (Å²) in [6, 6.07) is 10.3. The third-order valence-electron chi connectivity index (χ3n) is 4.54. The standard InChI is InChI=1S/C19H25N5O/c1-2-23-10-12-24(13-11-23)19(25)17-14-22-18(15-21-17)20-9-8-16-6-4-3-5-7-16/h3-7,14-15H,2,8-13H2,1H3,(H,20,22). The summed E-state index contributed by atoms with van der Waals surface area (Å²) >= 11 is 0. The predicted octanol–water partition coefficient (Wildman–Crippen LogP) is 1.91. The van der Waals surface area contributed by atoms with E-state index in [0.717, 1.165) is 45.7 Å². The molecule has 0 aliphatic carbocycles. The quantitative estimate of drug-likeness (QED) is 0.871. The molecule has 0 unspecified atom stereocenters. The lowest BCUT2D eigenvalue weighted by atomic mass is 10.1. The number of amides is 1.